The number of hydrogen-bond acceptors (Lipinski definition) is 6. The fourth-order valence-electron chi connectivity index (χ4n) is 2.73. The number of aromatic nitrogens is 4. The second-order valence-corrected chi connectivity index (χ2v) is 5.51. The Hall–Kier alpha value is -2.88. The van der Waals surface area contributed by atoms with Crippen LogP contribution in [0.15, 0.2) is 18.5 Å². The van der Waals surface area contributed by atoms with Crippen molar-refractivity contribution in [3.8, 4) is 6.01 Å². The Morgan fingerprint density at radius 1 is 1.20 bits per heavy atom. The molecule has 10 heteroatoms. The summed E-state index contributed by atoms with van der Waals surface area (Å²) in [5.74, 6) is -4.35. The van der Waals surface area contributed by atoms with E-state index in [0.29, 0.717) is 6.61 Å². The summed E-state index contributed by atoms with van der Waals surface area (Å²) < 4.78 is 47.5. The number of aromatic hydroxyl groups is 1. The van der Waals surface area contributed by atoms with E-state index < -0.39 is 23.5 Å². The van der Waals surface area contributed by atoms with Crippen molar-refractivity contribution in [3.05, 3.63) is 35.9 Å². The van der Waals surface area contributed by atoms with Crippen molar-refractivity contribution in [2.45, 2.75) is 19.1 Å². The maximum atomic E-state index is 13.9. The lowest BCUT2D eigenvalue weighted by Gasteiger charge is -2.12. The number of nitrogens with one attached hydrogen (secondary N) is 1. The van der Waals surface area contributed by atoms with E-state index in [2.05, 4.69) is 20.3 Å². The normalized spacial score (nSPS) is 17.3. The first kappa shape index (κ1) is 15.6. The largest absolute Gasteiger partial charge is 0.479 e. The first-order valence-corrected chi connectivity index (χ1v) is 7.50. The van der Waals surface area contributed by atoms with Crippen LogP contribution in [0.3, 0.4) is 0 Å². The van der Waals surface area contributed by atoms with Crippen molar-refractivity contribution in [2.24, 2.45) is 0 Å². The molecule has 2 aromatic heterocycles. The van der Waals surface area contributed by atoms with E-state index in [4.69, 9.17) is 4.74 Å². The van der Waals surface area contributed by atoms with Crippen LogP contribution in [0, 0.1) is 17.5 Å². The molecule has 3 aromatic rings. The summed E-state index contributed by atoms with van der Waals surface area (Å²) in [6.45, 7) is 0.604. The summed E-state index contributed by atoms with van der Waals surface area (Å²) in [4.78, 5) is 11.9. The van der Waals surface area contributed by atoms with Gasteiger partial charge in [-0.15, -0.1) is 0 Å². The van der Waals surface area contributed by atoms with Crippen LogP contribution in [-0.4, -0.2) is 31.2 Å². The third kappa shape index (κ3) is 2.64. The highest BCUT2D eigenvalue weighted by atomic mass is 19.2. The molecule has 2 N–H and O–H groups in total. The Labute approximate surface area is 139 Å². The lowest BCUT2D eigenvalue weighted by atomic mass is 10.2. The van der Waals surface area contributed by atoms with E-state index in [1.54, 1.807) is 4.57 Å². The molecule has 0 spiro atoms. The lowest BCUT2D eigenvalue weighted by molar-refractivity contribution is 0.0592. The standard InChI is InChI=1S/C15H12F3N5O2/c16-7-3-4-8(11(18)10(7)17)20-13-12-14(22-15(24)21-13)23(6-19-12)9-2-1-5-25-9/h3-4,6,9H,1-2,5H2,(H2,20,21,22,24). The van der Waals surface area contributed by atoms with Gasteiger partial charge in [0.25, 0.3) is 0 Å². The minimum atomic E-state index is -1.61. The highest BCUT2D eigenvalue weighted by molar-refractivity contribution is 5.85. The number of imidazole rings is 1. The van der Waals surface area contributed by atoms with Crippen molar-refractivity contribution in [1.82, 2.24) is 19.5 Å². The van der Waals surface area contributed by atoms with Gasteiger partial charge in [-0.25, -0.2) is 18.2 Å². The molecule has 3 heterocycles. The highest BCUT2D eigenvalue weighted by Crippen LogP contribution is 2.31. The van der Waals surface area contributed by atoms with E-state index in [-0.39, 0.29) is 28.9 Å². The maximum Gasteiger partial charge on any atom is 0.318 e. The summed E-state index contributed by atoms with van der Waals surface area (Å²) in [5, 5.41) is 12.3. The zero-order valence-electron chi connectivity index (χ0n) is 12.7. The number of benzene rings is 1. The summed E-state index contributed by atoms with van der Waals surface area (Å²) >= 11 is 0. The molecule has 130 valence electrons. The average molecular weight is 351 g/mol. The molecule has 7 nitrogen and oxygen atoms in total. The number of ether oxygens (including phenoxy) is 1. The number of anilines is 2. The van der Waals surface area contributed by atoms with Crippen molar-refractivity contribution >= 4 is 22.7 Å². The summed E-state index contributed by atoms with van der Waals surface area (Å²) in [6.07, 6.45) is 2.84. The molecule has 0 aliphatic carbocycles. The third-order valence-corrected chi connectivity index (χ3v) is 3.91. The zero-order chi connectivity index (χ0) is 17.6. The Balaban J connectivity index is 1.79. The van der Waals surface area contributed by atoms with Gasteiger partial charge in [0.1, 0.15) is 6.23 Å². The van der Waals surface area contributed by atoms with E-state index in [1.165, 1.54) is 6.33 Å². The van der Waals surface area contributed by atoms with Crippen LogP contribution in [0.5, 0.6) is 6.01 Å². The fourth-order valence-corrected chi connectivity index (χ4v) is 2.73. The molecule has 1 saturated heterocycles. The first-order chi connectivity index (χ1) is 12.0. The molecule has 1 unspecified atom stereocenters. The predicted molar refractivity (Wildman–Crippen MR) is 80.8 cm³/mol. The number of hydrogen-bond donors (Lipinski definition) is 2. The fraction of sp³-hybridized carbons (Fsp3) is 0.267. The Kier molecular flexibility index (Phi) is 3.68. The topological polar surface area (TPSA) is 85.1 Å². The van der Waals surface area contributed by atoms with Crippen molar-refractivity contribution in [1.29, 1.82) is 0 Å². The molecule has 1 aliphatic rings. The maximum absolute atomic E-state index is 13.9. The van der Waals surface area contributed by atoms with E-state index in [9.17, 15) is 18.3 Å². The van der Waals surface area contributed by atoms with Crippen LogP contribution < -0.4 is 5.32 Å². The third-order valence-electron chi connectivity index (χ3n) is 3.91. The van der Waals surface area contributed by atoms with Crippen molar-refractivity contribution < 1.29 is 23.0 Å². The molecule has 25 heavy (non-hydrogen) atoms. The SMILES string of the molecule is Oc1nc(Nc2ccc(F)c(F)c2F)c2ncn(C3CCCO3)c2n1. The molecule has 0 saturated carbocycles. The van der Waals surface area contributed by atoms with Crippen LogP contribution in [0.2, 0.25) is 0 Å². The minimum Gasteiger partial charge on any atom is -0.479 e. The molecule has 4 rings (SSSR count). The molecule has 1 aromatic carbocycles. The van der Waals surface area contributed by atoms with Crippen molar-refractivity contribution in [2.75, 3.05) is 11.9 Å². The monoisotopic (exact) mass is 351 g/mol. The molecule has 0 bridgehead atoms. The van der Waals surface area contributed by atoms with Gasteiger partial charge in [0.05, 0.1) is 12.0 Å². The number of halogens is 3. The van der Waals surface area contributed by atoms with Crippen LogP contribution in [0.25, 0.3) is 11.2 Å². The lowest BCUT2D eigenvalue weighted by Crippen LogP contribution is -2.07. The summed E-state index contributed by atoms with van der Waals surface area (Å²) in [5.41, 5.74) is 0.173. The first-order valence-electron chi connectivity index (χ1n) is 7.50. The van der Waals surface area contributed by atoms with Crippen LogP contribution in [-0.2, 0) is 4.74 Å². The predicted octanol–water partition coefficient (Wildman–Crippen LogP) is 3.00. The minimum absolute atomic E-state index is 0.0378. The van der Waals surface area contributed by atoms with Gasteiger partial charge in [-0.2, -0.15) is 9.97 Å². The molecule has 1 aliphatic heterocycles. The van der Waals surface area contributed by atoms with Crippen LogP contribution >= 0.6 is 0 Å². The van der Waals surface area contributed by atoms with E-state index in [0.717, 1.165) is 25.0 Å². The average Bonchev–Trinajstić information content (AvgIpc) is 3.24. The van der Waals surface area contributed by atoms with Crippen LogP contribution in [0.1, 0.15) is 19.1 Å². The van der Waals surface area contributed by atoms with Gasteiger partial charge in [0.15, 0.2) is 34.4 Å². The zero-order valence-corrected chi connectivity index (χ0v) is 12.7. The van der Waals surface area contributed by atoms with E-state index >= 15 is 0 Å². The van der Waals surface area contributed by atoms with Gasteiger partial charge >= 0.3 is 6.01 Å². The summed E-state index contributed by atoms with van der Waals surface area (Å²) in [7, 11) is 0. The smallest absolute Gasteiger partial charge is 0.318 e. The Morgan fingerprint density at radius 2 is 2.04 bits per heavy atom. The Morgan fingerprint density at radius 3 is 2.80 bits per heavy atom. The molecule has 0 radical (unpaired) electrons. The number of nitrogens with zero attached hydrogens (tertiary/aromatic N) is 4. The molecule has 1 fully saturated rings. The quantitative estimate of drug-likeness (QED) is 0.706. The molecular formula is C15H12F3N5O2. The highest BCUT2D eigenvalue weighted by Gasteiger charge is 2.23. The van der Waals surface area contributed by atoms with E-state index in [1.807, 2.05) is 0 Å². The molecule has 0 amide bonds. The summed E-state index contributed by atoms with van der Waals surface area (Å²) in [6, 6.07) is 1.23. The van der Waals surface area contributed by atoms with Gasteiger partial charge in [-0.1, -0.05) is 0 Å². The van der Waals surface area contributed by atoms with Gasteiger partial charge in [0.2, 0.25) is 0 Å². The molecular weight excluding hydrogens is 339 g/mol. The van der Waals surface area contributed by atoms with Gasteiger partial charge in [-0.05, 0) is 25.0 Å². The number of rotatable bonds is 3. The van der Waals surface area contributed by atoms with Gasteiger partial charge in [0, 0.05) is 6.61 Å². The second kappa shape index (κ2) is 5.88. The second-order valence-electron chi connectivity index (χ2n) is 5.51. The van der Waals surface area contributed by atoms with Crippen molar-refractivity contribution in [3.63, 3.8) is 0 Å². The molecule has 1 atom stereocenters. The van der Waals surface area contributed by atoms with Crippen LogP contribution in [0.4, 0.5) is 24.7 Å². The Bertz CT molecular complexity index is 956. The van der Waals surface area contributed by atoms with Gasteiger partial charge in [-0.3, -0.25) is 4.57 Å². The number of fused-ring (bicyclic) bond motifs is 1. The van der Waals surface area contributed by atoms with Gasteiger partial charge < -0.3 is 15.2 Å².